The minimum absolute atomic E-state index is 0.101. The molecule has 0 spiro atoms. The van der Waals surface area contributed by atoms with Crippen LogP contribution in [0.2, 0.25) is 0 Å². The van der Waals surface area contributed by atoms with Gasteiger partial charge < -0.3 is 5.32 Å². The van der Waals surface area contributed by atoms with Gasteiger partial charge in [0.15, 0.2) is 0 Å². The van der Waals surface area contributed by atoms with Crippen LogP contribution in [-0.4, -0.2) is 10.9 Å². The highest BCUT2D eigenvalue weighted by atomic mass is 79.9. The molecule has 4 heteroatoms. The molecule has 1 aromatic rings. The summed E-state index contributed by atoms with van der Waals surface area (Å²) < 4.78 is 0.824. The molecule has 0 unspecified atom stereocenters. The fourth-order valence-corrected chi connectivity index (χ4v) is 1.96. The zero-order valence-corrected chi connectivity index (χ0v) is 10.2. The molecule has 0 atom stereocenters. The lowest BCUT2D eigenvalue weighted by Gasteiger charge is -2.12. The first-order chi connectivity index (χ1) is 7.18. The van der Waals surface area contributed by atoms with Crippen LogP contribution in [0.1, 0.15) is 26.2 Å². The Labute approximate surface area is 97.4 Å². The molecule has 1 saturated carbocycles. The SMILES string of the molecule is CCC1(C(=O)Nc2ncccc2Br)CC1. The number of halogens is 1. The van der Waals surface area contributed by atoms with Crippen molar-refractivity contribution in [1.82, 2.24) is 4.98 Å². The Morgan fingerprint density at radius 2 is 2.40 bits per heavy atom. The van der Waals surface area contributed by atoms with Gasteiger partial charge in [-0.15, -0.1) is 0 Å². The zero-order valence-electron chi connectivity index (χ0n) is 8.59. The maximum absolute atomic E-state index is 11.9. The molecule has 80 valence electrons. The lowest BCUT2D eigenvalue weighted by molar-refractivity contribution is -0.121. The number of nitrogens with zero attached hydrogens (tertiary/aromatic N) is 1. The monoisotopic (exact) mass is 268 g/mol. The molecular formula is C11H13BrN2O. The molecular weight excluding hydrogens is 256 g/mol. The summed E-state index contributed by atoms with van der Waals surface area (Å²) in [5.41, 5.74) is -0.114. The third-order valence-electron chi connectivity index (χ3n) is 3.00. The third kappa shape index (κ3) is 2.04. The van der Waals surface area contributed by atoms with Crippen LogP contribution in [0.15, 0.2) is 22.8 Å². The highest BCUT2D eigenvalue weighted by Crippen LogP contribution is 2.49. The number of hydrogen-bond donors (Lipinski definition) is 1. The van der Waals surface area contributed by atoms with Crippen LogP contribution in [-0.2, 0) is 4.79 Å². The van der Waals surface area contributed by atoms with Gasteiger partial charge in [-0.1, -0.05) is 6.92 Å². The number of rotatable bonds is 3. The number of nitrogens with one attached hydrogen (secondary N) is 1. The maximum Gasteiger partial charge on any atom is 0.231 e. The molecule has 0 aromatic carbocycles. The molecule has 1 aliphatic rings. The average Bonchev–Trinajstić information content (AvgIpc) is 3.02. The molecule has 1 heterocycles. The van der Waals surface area contributed by atoms with Gasteiger partial charge in [0, 0.05) is 11.6 Å². The molecule has 0 aliphatic heterocycles. The molecule has 0 saturated heterocycles. The topological polar surface area (TPSA) is 42.0 Å². The largest absolute Gasteiger partial charge is 0.309 e. The minimum Gasteiger partial charge on any atom is -0.309 e. The van der Waals surface area contributed by atoms with Gasteiger partial charge >= 0.3 is 0 Å². The van der Waals surface area contributed by atoms with Gasteiger partial charge in [0.25, 0.3) is 0 Å². The van der Waals surface area contributed by atoms with Crippen molar-refractivity contribution < 1.29 is 4.79 Å². The van der Waals surface area contributed by atoms with Crippen LogP contribution in [0, 0.1) is 5.41 Å². The second-order valence-electron chi connectivity index (χ2n) is 3.92. The zero-order chi connectivity index (χ0) is 10.9. The Balaban J connectivity index is 2.10. The Morgan fingerprint density at radius 1 is 1.67 bits per heavy atom. The van der Waals surface area contributed by atoms with Gasteiger partial charge in [-0.05, 0) is 47.3 Å². The highest BCUT2D eigenvalue weighted by Gasteiger charge is 2.48. The van der Waals surface area contributed by atoms with E-state index in [1.807, 2.05) is 12.1 Å². The first kappa shape index (κ1) is 10.6. The number of carbonyl (C=O) groups excluding carboxylic acids is 1. The molecule has 1 aliphatic carbocycles. The van der Waals surface area contributed by atoms with Gasteiger partial charge in [-0.25, -0.2) is 4.98 Å². The first-order valence-electron chi connectivity index (χ1n) is 5.10. The number of amides is 1. The summed E-state index contributed by atoms with van der Waals surface area (Å²) in [6, 6.07) is 3.70. The van der Waals surface area contributed by atoms with Crippen LogP contribution in [0.3, 0.4) is 0 Å². The van der Waals surface area contributed by atoms with Crippen LogP contribution < -0.4 is 5.32 Å². The quantitative estimate of drug-likeness (QED) is 0.916. The molecule has 1 fully saturated rings. The predicted molar refractivity (Wildman–Crippen MR) is 62.5 cm³/mol. The summed E-state index contributed by atoms with van der Waals surface area (Å²) in [4.78, 5) is 16.0. The van der Waals surface area contributed by atoms with E-state index in [4.69, 9.17) is 0 Å². The van der Waals surface area contributed by atoms with Gasteiger partial charge in [-0.2, -0.15) is 0 Å². The van der Waals surface area contributed by atoms with E-state index in [1.54, 1.807) is 6.20 Å². The minimum atomic E-state index is -0.114. The van der Waals surface area contributed by atoms with E-state index in [0.717, 1.165) is 23.7 Å². The normalized spacial score (nSPS) is 17.2. The van der Waals surface area contributed by atoms with Crippen molar-refractivity contribution in [2.75, 3.05) is 5.32 Å². The van der Waals surface area contributed by atoms with Crippen molar-refractivity contribution in [2.24, 2.45) is 5.41 Å². The molecule has 0 bridgehead atoms. The van der Waals surface area contributed by atoms with Crippen molar-refractivity contribution in [1.29, 1.82) is 0 Å². The Kier molecular flexibility index (Phi) is 2.78. The number of carbonyl (C=O) groups is 1. The van der Waals surface area contributed by atoms with Crippen LogP contribution >= 0.6 is 15.9 Å². The van der Waals surface area contributed by atoms with E-state index in [9.17, 15) is 4.79 Å². The van der Waals surface area contributed by atoms with E-state index >= 15 is 0 Å². The fourth-order valence-electron chi connectivity index (χ4n) is 1.61. The van der Waals surface area contributed by atoms with Gasteiger partial charge in [0.2, 0.25) is 5.91 Å². The summed E-state index contributed by atoms with van der Waals surface area (Å²) in [6.45, 7) is 2.06. The number of anilines is 1. The Bertz CT molecular complexity index is 388. The third-order valence-corrected chi connectivity index (χ3v) is 3.64. The fraction of sp³-hybridized carbons (Fsp3) is 0.455. The molecule has 2 rings (SSSR count). The summed E-state index contributed by atoms with van der Waals surface area (Å²) in [5.74, 6) is 0.714. The van der Waals surface area contributed by atoms with E-state index in [1.165, 1.54) is 0 Å². The summed E-state index contributed by atoms with van der Waals surface area (Å²) in [7, 11) is 0. The number of aromatic nitrogens is 1. The maximum atomic E-state index is 11.9. The standard InChI is InChI=1S/C11H13BrN2O/c1-2-11(5-6-11)10(15)14-9-8(12)4-3-7-13-9/h3-4,7H,2,5-6H2,1H3,(H,13,14,15). The molecule has 3 nitrogen and oxygen atoms in total. The smallest absolute Gasteiger partial charge is 0.231 e. The van der Waals surface area contributed by atoms with Crippen LogP contribution in [0.5, 0.6) is 0 Å². The first-order valence-corrected chi connectivity index (χ1v) is 5.89. The summed E-state index contributed by atoms with van der Waals surface area (Å²) in [5, 5.41) is 2.87. The molecule has 0 radical (unpaired) electrons. The van der Waals surface area contributed by atoms with E-state index in [0.29, 0.717) is 5.82 Å². The van der Waals surface area contributed by atoms with Crippen molar-refractivity contribution in [3.05, 3.63) is 22.8 Å². The van der Waals surface area contributed by atoms with Crippen molar-refractivity contribution >= 4 is 27.7 Å². The van der Waals surface area contributed by atoms with E-state index in [-0.39, 0.29) is 11.3 Å². The van der Waals surface area contributed by atoms with Crippen LogP contribution in [0.25, 0.3) is 0 Å². The summed E-state index contributed by atoms with van der Waals surface area (Å²) >= 11 is 3.36. The number of hydrogen-bond acceptors (Lipinski definition) is 2. The molecule has 1 aromatic heterocycles. The average molecular weight is 269 g/mol. The number of pyridine rings is 1. The van der Waals surface area contributed by atoms with Crippen molar-refractivity contribution in [2.45, 2.75) is 26.2 Å². The predicted octanol–water partition coefficient (Wildman–Crippen LogP) is 2.97. The Hall–Kier alpha value is -0.900. The highest BCUT2D eigenvalue weighted by molar-refractivity contribution is 9.10. The molecule has 1 N–H and O–H groups in total. The second kappa shape index (κ2) is 3.93. The lowest BCUT2D eigenvalue weighted by Crippen LogP contribution is -2.24. The van der Waals surface area contributed by atoms with Crippen molar-refractivity contribution in [3.8, 4) is 0 Å². The summed E-state index contributed by atoms with van der Waals surface area (Å²) in [6.07, 6.45) is 4.58. The van der Waals surface area contributed by atoms with Crippen LogP contribution in [0.4, 0.5) is 5.82 Å². The van der Waals surface area contributed by atoms with Gasteiger partial charge in [-0.3, -0.25) is 4.79 Å². The van der Waals surface area contributed by atoms with Gasteiger partial charge in [0.05, 0.1) is 4.47 Å². The van der Waals surface area contributed by atoms with E-state index in [2.05, 4.69) is 33.2 Å². The van der Waals surface area contributed by atoms with Crippen molar-refractivity contribution in [3.63, 3.8) is 0 Å². The Morgan fingerprint density at radius 3 is 2.93 bits per heavy atom. The lowest BCUT2D eigenvalue weighted by atomic mass is 10.0. The van der Waals surface area contributed by atoms with E-state index < -0.39 is 0 Å². The van der Waals surface area contributed by atoms with Gasteiger partial charge in [0.1, 0.15) is 5.82 Å². The second-order valence-corrected chi connectivity index (χ2v) is 4.78. The molecule has 1 amide bonds. The molecule has 15 heavy (non-hydrogen) atoms.